The van der Waals surface area contributed by atoms with Crippen LogP contribution < -0.4 is 0 Å². The van der Waals surface area contributed by atoms with Gasteiger partial charge >= 0.3 is 6.68 Å². The molecule has 13 heavy (non-hydrogen) atoms. The standard InChI is InChI=1S/C5H4F3N.CHF3/c6-4-1-5(7)3-9(8)2-4;2-1(3)4/h1-2H,3H2;1H. The predicted octanol–water partition coefficient (Wildman–Crippen LogP) is 3.03. The summed E-state index contributed by atoms with van der Waals surface area (Å²) in [5, 5.41) is -0.0509. The molecule has 0 aromatic heterocycles. The van der Waals surface area contributed by atoms with E-state index in [9.17, 15) is 26.4 Å². The number of hydrogen-bond acceptors (Lipinski definition) is 1. The third-order valence-electron chi connectivity index (χ3n) is 0.860. The van der Waals surface area contributed by atoms with Crippen molar-refractivity contribution in [3.8, 4) is 0 Å². The fourth-order valence-electron chi connectivity index (χ4n) is 0.556. The summed E-state index contributed by atoms with van der Waals surface area (Å²) < 4.78 is 64.9. The minimum Gasteiger partial charge on any atom is -0.210 e. The molecule has 0 spiro atoms. The highest BCUT2D eigenvalue weighted by Gasteiger charge is 2.09. The fourth-order valence-corrected chi connectivity index (χ4v) is 0.556. The van der Waals surface area contributed by atoms with E-state index in [-0.39, 0.29) is 5.12 Å². The van der Waals surface area contributed by atoms with Gasteiger partial charge in [0.05, 0.1) is 6.20 Å². The van der Waals surface area contributed by atoms with Crippen LogP contribution >= 0.6 is 0 Å². The highest BCUT2D eigenvalue weighted by atomic mass is 19.4. The molecule has 0 aromatic rings. The lowest BCUT2D eigenvalue weighted by molar-refractivity contribution is 0.00819. The van der Waals surface area contributed by atoms with Crippen LogP contribution in [0.4, 0.5) is 26.4 Å². The van der Waals surface area contributed by atoms with Crippen LogP contribution in [0.15, 0.2) is 23.9 Å². The van der Waals surface area contributed by atoms with Gasteiger partial charge in [-0.1, -0.05) is 0 Å². The zero-order valence-electron chi connectivity index (χ0n) is 6.15. The lowest BCUT2D eigenvalue weighted by Gasteiger charge is -2.09. The molecule has 76 valence electrons. The van der Waals surface area contributed by atoms with Crippen molar-refractivity contribution in [3.05, 3.63) is 23.9 Å². The summed E-state index contributed by atoms with van der Waals surface area (Å²) >= 11 is 0. The Morgan fingerprint density at radius 1 is 1.23 bits per heavy atom. The highest BCUT2D eigenvalue weighted by Crippen LogP contribution is 2.14. The van der Waals surface area contributed by atoms with Crippen molar-refractivity contribution in [3.63, 3.8) is 0 Å². The lowest BCUT2D eigenvalue weighted by Crippen LogP contribution is -2.11. The van der Waals surface area contributed by atoms with Gasteiger partial charge in [0.15, 0.2) is 0 Å². The highest BCUT2D eigenvalue weighted by molar-refractivity contribution is 5.18. The smallest absolute Gasteiger partial charge is 0.210 e. The van der Waals surface area contributed by atoms with Crippen molar-refractivity contribution in [2.24, 2.45) is 0 Å². The largest absolute Gasteiger partial charge is 0.379 e. The number of allylic oxidation sites excluding steroid dienone is 2. The Bertz CT molecular complexity index is 208. The van der Waals surface area contributed by atoms with Crippen molar-refractivity contribution in [2.75, 3.05) is 6.54 Å². The van der Waals surface area contributed by atoms with Gasteiger partial charge in [0.25, 0.3) is 0 Å². The van der Waals surface area contributed by atoms with E-state index in [4.69, 9.17) is 0 Å². The Labute approximate surface area is 69.9 Å². The second-order valence-electron chi connectivity index (χ2n) is 1.91. The van der Waals surface area contributed by atoms with Gasteiger partial charge in [-0.15, -0.1) is 4.48 Å². The van der Waals surface area contributed by atoms with Crippen LogP contribution in [-0.4, -0.2) is 18.3 Å². The average molecular weight is 205 g/mol. The summed E-state index contributed by atoms with van der Waals surface area (Å²) in [6.45, 7) is -4.16. The molecule has 1 nitrogen and oxygen atoms in total. The van der Waals surface area contributed by atoms with E-state index in [2.05, 4.69) is 0 Å². The fraction of sp³-hybridized carbons (Fsp3) is 0.333. The Kier molecular flexibility index (Phi) is 5.01. The molecule has 0 saturated heterocycles. The minimum absolute atomic E-state index is 0.0509. The Hall–Kier alpha value is -1.14. The Morgan fingerprint density at radius 3 is 2.00 bits per heavy atom. The second kappa shape index (κ2) is 5.50. The van der Waals surface area contributed by atoms with E-state index in [0.717, 1.165) is 0 Å². The molecular formula is C6H5F6N. The third-order valence-corrected chi connectivity index (χ3v) is 0.860. The molecule has 0 aliphatic carbocycles. The van der Waals surface area contributed by atoms with Crippen LogP contribution in [0.3, 0.4) is 0 Å². The maximum absolute atomic E-state index is 12.0. The molecule has 0 fully saturated rings. The van der Waals surface area contributed by atoms with E-state index in [1.54, 1.807) is 0 Å². The van der Waals surface area contributed by atoms with Crippen molar-refractivity contribution < 1.29 is 26.4 Å². The Morgan fingerprint density at radius 2 is 1.69 bits per heavy atom. The zero-order valence-corrected chi connectivity index (χ0v) is 6.15. The van der Waals surface area contributed by atoms with Gasteiger partial charge in [-0.3, -0.25) is 0 Å². The molecular weight excluding hydrogens is 200 g/mol. The average Bonchev–Trinajstić information content (AvgIpc) is 1.80. The first-order chi connectivity index (χ1) is 5.91. The molecule has 0 N–H and O–H groups in total. The van der Waals surface area contributed by atoms with Gasteiger partial charge in [0.2, 0.25) is 0 Å². The van der Waals surface area contributed by atoms with Crippen LogP contribution in [0.2, 0.25) is 0 Å². The van der Waals surface area contributed by atoms with Crippen LogP contribution in [-0.2, 0) is 0 Å². The summed E-state index contributed by atoms with van der Waals surface area (Å²) in [4.78, 5) is 0. The Balaban J connectivity index is 0.000000310. The maximum atomic E-state index is 12.0. The number of alkyl halides is 3. The van der Waals surface area contributed by atoms with Crippen LogP contribution in [0.1, 0.15) is 0 Å². The SMILES string of the molecule is FC(F)F.FC1=CN(F)CC(F)=C1. The number of nitrogens with zero attached hydrogens (tertiary/aromatic N) is 1. The normalized spacial score (nSPS) is 16.1. The lowest BCUT2D eigenvalue weighted by atomic mass is 10.3. The maximum Gasteiger partial charge on any atom is 0.379 e. The molecule has 0 atom stereocenters. The molecule has 0 aromatic carbocycles. The van der Waals surface area contributed by atoms with Gasteiger partial charge in [-0.2, -0.15) is 13.2 Å². The first kappa shape index (κ1) is 11.9. The molecule has 7 heteroatoms. The van der Waals surface area contributed by atoms with E-state index >= 15 is 0 Å². The van der Waals surface area contributed by atoms with E-state index < -0.39 is 24.9 Å². The summed E-state index contributed by atoms with van der Waals surface area (Å²) in [7, 11) is 0. The monoisotopic (exact) mass is 205 g/mol. The summed E-state index contributed by atoms with van der Waals surface area (Å²) in [5.74, 6) is -1.71. The molecule has 0 unspecified atom stereocenters. The van der Waals surface area contributed by atoms with E-state index in [1.807, 2.05) is 0 Å². The molecule has 1 aliphatic heterocycles. The summed E-state index contributed by atoms with van der Waals surface area (Å²) in [5.41, 5.74) is 0. The van der Waals surface area contributed by atoms with Crippen molar-refractivity contribution in [1.82, 2.24) is 5.12 Å². The first-order valence-corrected chi connectivity index (χ1v) is 3.00. The van der Waals surface area contributed by atoms with E-state index in [0.29, 0.717) is 12.3 Å². The minimum atomic E-state index is -3.67. The zero-order chi connectivity index (χ0) is 10.4. The molecule has 0 bridgehead atoms. The van der Waals surface area contributed by atoms with E-state index in [1.165, 1.54) is 0 Å². The summed E-state index contributed by atoms with van der Waals surface area (Å²) in [6, 6.07) is 0. The molecule has 1 rings (SSSR count). The number of hydrogen-bond donors (Lipinski definition) is 0. The molecule has 0 radical (unpaired) electrons. The van der Waals surface area contributed by atoms with Crippen molar-refractivity contribution in [2.45, 2.75) is 6.68 Å². The topological polar surface area (TPSA) is 3.24 Å². The molecule has 1 aliphatic rings. The van der Waals surface area contributed by atoms with Crippen LogP contribution in [0, 0.1) is 0 Å². The van der Waals surface area contributed by atoms with Crippen LogP contribution in [0.25, 0.3) is 0 Å². The van der Waals surface area contributed by atoms with Gasteiger partial charge in [-0.25, -0.2) is 13.9 Å². The van der Waals surface area contributed by atoms with Crippen LogP contribution in [0.5, 0.6) is 0 Å². The first-order valence-electron chi connectivity index (χ1n) is 3.00. The molecule has 0 saturated carbocycles. The molecule has 0 amide bonds. The van der Waals surface area contributed by atoms with Gasteiger partial charge in [0.1, 0.15) is 18.2 Å². The number of halogens is 6. The van der Waals surface area contributed by atoms with Crippen molar-refractivity contribution in [1.29, 1.82) is 0 Å². The molecule has 1 heterocycles. The second-order valence-corrected chi connectivity index (χ2v) is 1.91. The van der Waals surface area contributed by atoms with Gasteiger partial charge in [0, 0.05) is 6.08 Å². The number of rotatable bonds is 0. The van der Waals surface area contributed by atoms with Gasteiger partial charge < -0.3 is 0 Å². The summed E-state index contributed by atoms with van der Waals surface area (Å²) in [6.07, 6.45) is 1.24. The van der Waals surface area contributed by atoms with Crippen molar-refractivity contribution >= 4 is 0 Å². The van der Waals surface area contributed by atoms with Gasteiger partial charge in [-0.05, 0) is 0 Å². The predicted molar refractivity (Wildman–Crippen MR) is 33.3 cm³/mol. The third kappa shape index (κ3) is 7.23. The quantitative estimate of drug-likeness (QED) is 0.434.